The smallest absolute Gasteiger partial charge is 0.250 e. The van der Waals surface area contributed by atoms with Crippen LogP contribution in [-0.4, -0.2) is 47.3 Å². The number of likely N-dealkylation sites (N-methyl/N-ethyl adjacent to an activating group) is 1. The van der Waals surface area contributed by atoms with Gasteiger partial charge < -0.3 is 10.2 Å². The molecule has 0 atom stereocenters. The Morgan fingerprint density at radius 2 is 2.16 bits per heavy atom. The molecule has 1 N–H and O–H groups in total. The van der Waals surface area contributed by atoms with Crippen molar-refractivity contribution in [2.24, 2.45) is 5.92 Å². The summed E-state index contributed by atoms with van der Waals surface area (Å²) in [6.45, 7) is 6.77. The second-order valence-corrected chi connectivity index (χ2v) is 5.81. The minimum Gasteiger partial charge on any atom is -0.343 e. The van der Waals surface area contributed by atoms with Gasteiger partial charge in [-0.05, 0) is 37.9 Å². The fourth-order valence-electron chi connectivity index (χ4n) is 2.89. The zero-order chi connectivity index (χ0) is 13.9. The van der Waals surface area contributed by atoms with E-state index in [2.05, 4.69) is 24.3 Å². The van der Waals surface area contributed by atoms with Crippen LogP contribution in [0.25, 0.3) is 0 Å². The monoisotopic (exact) mass is 264 g/mol. The Balaban J connectivity index is 2.25. The standard InChI is InChI=1S/C14H24N4O/c1-12(2)11-17(3)13(19)14(5-8-15-9-6-14)18-10-4-7-16-18/h4,7,10,12,15H,5-6,8-9,11H2,1-3H3. The lowest BCUT2D eigenvalue weighted by Crippen LogP contribution is -2.55. The average Bonchev–Trinajstić information content (AvgIpc) is 2.92. The van der Waals surface area contributed by atoms with Gasteiger partial charge >= 0.3 is 0 Å². The molecular weight excluding hydrogens is 240 g/mol. The predicted molar refractivity (Wildman–Crippen MR) is 74.8 cm³/mol. The summed E-state index contributed by atoms with van der Waals surface area (Å²) in [5, 5.41) is 7.66. The topological polar surface area (TPSA) is 50.2 Å². The maximum atomic E-state index is 12.9. The maximum Gasteiger partial charge on any atom is 0.250 e. The highest BCUT2D eigenvalue weighted by molar-refractivity contribution is 5.84. The summed E-state index contributed by atoms with van der Waals surface area (Å²) in [6, 6.07) is 1.89. The molecule has 1 aromatic rings. The van der Waals surface area contributed by atoms with E-state index in [-0.39, 0.29) is 5.91 Å². The minimum absolute atomic E-state index is 0.186. The van der Waals surface area contributed by atoms with Crippen molar-refractivity contribution >= 4 is 5.91 Å². The van der Waals surface area contributed by atoms with Crippen molar-refractivity contribution < 1.29 is 4.79 Å². The predicted octanol–water partition coefficient (Wildman–Crippen LogP) is 1.08. The lowest BCUT2D eigenvalue weighted by Gasteiger charge is -2.39. The van der Waals surface area contributed by atoms with Crippen LogP contribution in [0.1, 0.15) is 26.7 Å². The van der Waals surface area contributed by atoms with E-state index >= 15 is 0 Å². The molecule has 0 spiro atoms. The molecule has 0 unspecified atom stereocenters. The third kappa shape index (κ3) is 2.81. The summed E-state index contributed by atoms with van der Waals surface area (Å²) >= 11 is 0. The highest BCUT2D eigenvalue weighted by Gasteiger charge is 2.43. The van der Waals surface area contributed by atoms with Crippen LogP contribution in [0.3, 0.4) is 0 Å². The van der Waals surface area contributed by atoms with Gasteiger partial charge in [-0.25, -0.2) is 0 Å². The van der Waals surface area contributed by atoms with Crippen LogP contribution in [0.15, 0.2) is 18.5 Å². The number of nitrogens with one attached hydrogen (secondary N) is 1. The number of carbonyl (C=O) groups is 1. The lowest BCUT2D eigenvalue weighted by molar-refractivity contribution is -0.142. The summed E-state index contributed by atoms with van der Waals surface area (Å²) in [5.74, 6) is 0.664. The summed E-state index contributed by atoms with van der Waals surface area (Å²) in [7, 11) is 1.90. The maximum absolute atomic E-state index is 12.9. The third-order valence-corrected chi connectivity index (χ3v) is 3.76. The molecule has 106 valence electrons. The van der Waals surface area contributed by atoms with Gasteiger partial charge in [0.05, 0.1) is 0 Å². The summed E-state index contributed by atoms with van der Waals surface area (Å²) in [4.78, 5) is 14.8. The Bertz CT molecular complexity index is 407. The number of piperidine rings is 1. The van der Waals surface area contributed by atoms with Crippen LogP contribution in [0, 0.1) is 5.92 Å². The average molecular weight is 264 g/mol. The molecular formula is C14H24N4O. The molecule has 0 saturated carbocycles. The van der Waals surface area contributed by atoms with Gasteiger partial charge in [-0.1, -0.05) is 13.8 Å². The van der Waals surface area contributed by atoms with Crippen molar-refractivity contribution in [1.82, 2.24) is 20.0 Å². The number of carbonyl (C=O) groups excluding carboxylic acids is 1. The van der Waals surface area contributed by atoms with E-state index in [0.29, 0.717) is 5.92 Å². The van der Waals surface area contributed by atoms with Crippen molar-refractivity contribution in [1.29, 1.82) is 0 Å². The zero-order valence-corrected chi connectivity index (χ0v) is 12.1. The van der Waals surface area contributed by atoms with Crippen LogP contribution < -0.4 is 5.32 Å². The molecule has 1 amide bonds. The SMILES string of the molecule is CC(C)CN(C)C(=O)C1(n2cccn2)CCNCC1. The molecule has 0 aliphatic carbocycles. The number of nitrogens with zero attached hydrogens (tertiary/aromatic N) is 3. The van der Waals surface area contributed by atoms with Gasteiger partial charge in [0.15, 0.2) is 0 Å². The molecule has 5 heteroatoms. The second-order valence-electron chi connectivity index (χ2n) is 5.81. The first-order chi connectivity index (χ1) is 9.06. The Labute approximate surface area is 115 Å². The van der Waals surface area contributed by atoms with Gasteiger partial charge in [0.1, 0.15) is 5.54 Å². The fourth-order valence-corrected chi connectivity index (χ4v) is 2.89. The molecule has 2 heterocycles. The van der Waals surface area contributed by atoms with Gasteiger partial charge in [-0.15, -0.1) is 0 Å². The quantitative estimate of drug-likeness (QED) is 0.885. The Morgan fingerprint density at radius 3 is 2.68 bits per heavy atom. The molecule has 0 radical (unpaired) electrons. The molecule has 1 saturated heterocycles. The molecule has 5 nitrogen and oxygen atoms in total. The van der Waals surface area contributed by atoms with E-state index in [4.69, 9.17) is 0 Å². The molecule has 0 bridgehead atoms. The largest absolute Gasteiger partial charge is 0.343 e. The Kier molecular flexibility index (Phi) is 4.24. The van der Waals surface area contributed by atoms with Crippen LogP contribution in [0.2, 0.25) is 0 Å². The molecule has 1 aliphatic heterocycles. The Morgan fingerprint density at radius 1 is 1.47 bits per heavy atom. The van der Waals surface area contributed by atoms with Crippen molar-refractivity contribution in [3.05, 3.63) is 18.5 Å². The van der Waals surface area contributed by atoms with Crippen LogP contribution in [-0.2, 0) is 10.3 Å². The van der Waals surface area contributed by atoms with Crippen molar-refractivity contribution in [3.63, 3.8) is 0 Å². The minimum atomic E-state index is -0.502. The summed E-state index contributed by atoms with van der Waals surface area (Å²) in [6.07, 6.45) is 5.26. The van der Waals surface area contributed by atoms with Gasteiger partial charge in [0.25, 0.3) is 0 Å². The number of hydrogen-bond acceptors (Lipinski definition) is 3. The van der Waals surface area contributed by atoms with Gasteiger partial charge in [0.2, 0.25) is 5.91 Å². The van der Waals surface area contributed by atoms with Crippen molar-refractivity contribution in [2.45, 2.75) is 32.2 Å². The first-order valence-corrected chi connectivity index (χ1v) is 7.03. The van der Waals surface area contributed by atoms with E-state index in [1.54, 1.807) is 6.20 Å². The van der Waals surface area contributed by atoms with E-state index in [0.717, 1.165) is 32.5 Å². The zero-order valence-electron chi connectivity index (χ0n) is 12.1. The summed E-state index contributed by atoms with van der Waals surface area (Å²) in [5.41, 5.74) is -0.502. The molecule has 0 aromatic carbocycles. The van der Waals surface area contributed by atoms with Crippen molar-refractivity contribution in [2.75, 3.05) is 26.7 Å². The van der Waals surface area contributed by atoms with Crippen LogP contribution >= 0.6 is 0 Å². The van der Waals surface area contributed by atoms with Gasteiger partial charge in [0, 0.05) is 26.0 Å². The molecule has 2 rings (SSSR count). The molecule has 19 heavy (non-hydrogen) atoms. The van der Waals surface area contributed by atoms with Crippen LogP contribution in [0.5, 0.6) is 0 Å². The highest BCUT2D eigenvalue weighted by Crippen LogP contribution is 2.29. The normalized spacial score (nSPS) is 18.5. The third-order valence-electron chi connectivity index (χ3n) is 3.76. The Hall–Kier alpha value is -1.36. The second kappa shape index (κ2) is 5.74. The first-order valence-electron chi connectivity index (χ1n) is 7.03. The molecule has 1 fully saturated rings. The van der Waals surface area contributed by atoms with Gasteiger partial charge in [-0.2, -0.15) is 5.10 Å². The molecule has 1 aliphatic rings. The van der Waals surface area contributed by atoms with Crippen molar-refractivity contribution in [3.8, 4) is 0 Å². The molecule has 1 aromatic heterocycles. The fraction of sp³-hybridized carbons (Fsp3) is 0.714. The first kappa shape index (κ1) is 14.1. The van der Waals surface area contributed by atoms with E-state index in [9.17, 15) is 4.79 Å². The van der Waals surface area contributed by atoms with Crippen LogP contribution in [0.4, 0.5) is 0 Å². The lowest BCUT2D eigenvalue weighted by atomic mass is 9.86. The number of aromatic nitrogens is 2. The van der Waals surface area contributed by atoms with E-state index < -0.39 is 5.54 Å². The van der Waals surface area contributed by atoms with Gasteiger partial charge in [-0.3, -0.25) is 9.48 Å². The summed E-state index contributed by atoms with van der Waals surface area (Å²) < 4.78 is 1.85. The highest BCUT2D eigenvalue weighted by atomic mass is 16.2. The number of hydrogen-bond donors (Lipinski definition) is 1. The van der Waals surface area contributed by atoms with E-state index in [1.807, 2.05) is 28.9 Å². The number of rotatable bonds is 4. The number of amides is 1. The van der Waals surface area contributed by atoms with E-state index in [1.165, 1.54) is 0 Å².